The zero-order chi connectivity index (χ0) is 32.4. The van der Waals surface area contributed by atoms with Crippen LogP contribution in [0.5, 0.6) is 5.75 Å². The SMILES string of the molecule is CCC1(CC)C[C@](F)(C(=O)CC/C=C/[C@@H]2CC[C@@H](Oc3ccc(C(C)(C)C(=O)O)cc3-c3cccc(F)c3C3CCC3)C2)CN1. The molecule has 45 heavy (non-hydrogen) atoms. The number of ether oxygens (including phenoxy) is 1. The number of nitrogens with one attached hydrogen (secondary N) is 1. The van der Waals surface area contributed by atoms with Gasteiger partial charge in [-0.1, -0.05) is 50.6 Å². The van der Waals surface area contributed by atoms with Gasteiger partial charge in [-0.15, -0.1) is 0 Å². The number of carbonyl (C=O) groups excluding carboxylic acids is 1. The van der Waals surface area contributed by atoms with Gasteiger partial charge in [-0.3, -0.25) is 9.59 Å². The second-order valence-corrected chi connectivity index (χ2v) is 14.2. The van der Waals surface area contributed by atoms with Crippen molar-refractivity contribution in [3.05, 3.63) is 65.5 Å². The third kappa shape index (κ3) is 6.89. The summed E-state index contributed by atoms with van der Waals surface area (Å²) in [5.41, 5.74) is -0.334. The number of ketones is 1. The fourth-order valence-electron chi connectivity index (χ4n) is 7.34. The van der Waals surface area contributed by atoms with Crippen molar-refractivity contribution in [2.75, 3.05) is 6.54 Å². The Hall–Kier alpha value is -3.06. The van der Waals surface area contributed by atoms with E-state index in [2.05, 4.69) is 11.4 Å². The summed E-state index contributed by atoms with van der Waals surface area (Å²) in [5, 5.41) is 13.2. The average molecular weight is 622 g/mol. The van der Waals surface area contributed by atoms with Gasteiger partial charge in [0.15, 0.2) is 11.5 Å². The first-order valence-electron chi connectivity index (χ1n) is 16.9. The van der Waals surface area contributed by atoms with Gasteiger partial charge in [0, 0.05) is 30.5 Å². The van der Waals surface area contributed by atoms with Crippen molar-refractivity contribution in [2.45, 2.75) is 127 Å². The minimum Gasteiger partial charge on any atom is -0.490 e. The number of benzene rings is 2. The summed E-state index contributed by atoms with van der Waals surface area (Å²) < 4.78 is 37.3. The van der Waals surface area contributed by atoms with E-state index >= 15 is 8.78 Å². The number of halogens is 2. The van der Waals surface area contributed by atoms with Crippen molar-refractivity contribution >= 4 is 11.8 Å². The predicted octanol–water partition coefficient (Wildman–Crippen LogP) is 8.84. The lowest BCUT2D eigenvalue weighted by molar-refractivity contribution is -0.142. The van der Waals surface area contributed by atoms with E-state index in [4.69, 9.17) is 4.74 Å². The fourth-order valence-corrected chi connectivity index (χ4v) is 7.34. The Balaban J connectivity index is 1.27. The van der Waals surface area contributed by atoms with E-state index in [-0.39, 0.29) is 48.5 Å². The van der Waals surface area contributed by atoms with Gasteiger partial charge < -0.3 is 15.2 Å². The van der Waals surface area contributed by atoms with Crippen LogP contribution in [-0.2, 0) is 15.0 Å². The molecule has 0 aromatic heterocycles. The molecule has 5 nitrogen and oxygen atoms in total. The highest BCUT2D eigenvalue weighted by Gasteiger charge is 2.50. The summed E-state index contributed by atoms with van der Waals surface area (Å²) in [6.45, 7) is 7.54. The van der Waals surface area contributed by atoms with Gasteiger partial charge in [-0.2, -0.15) is 0 Å². The molecule has 1 aliphatic heterocycles. The van der Waals surface area contributed by atoms with Crippen molar-refractivity contribution in [3.8, 4) is 16.9 Å². The van der Waals surface area contributed by atoms with Gasteiger partial charge in [0.05, 0.1) is 11.5 Å². The Morgan fingerprint density at radius 1 is 1.09 bits per heavy atom. The maximum atomic E-state index is 15.5. The van der Waals surface area contributed by atoms with E-state index in [9.17, 15) is 14.7 Å². The lowest BCUT2D eigenvalue weighted by atomic mass is 9.76. The number of carboxylic acids is 1. The molecule has 2 aromatic carbocycles. The smallest absolute Gasteiger partial charge is 0.313 e. The third-order valence-electron chi connectivity index (χ3n) is 11.0. The number of hydrogen-bond acceptors (Lipinski definition) is 4. The van der Waals surface area contributed by atoms with Gasteiger partial charge in [0.2, 0.25) is 0 Å². The number of rotatable bonds is 13. The molecule has 244 valence electrons. The van der Waals surface area contributed by atoms with E-state index in [0.29, 0.717) is 29.2 Å². The van der Waals surface area contributed by atoms with Crippen molar-refractivity contribution in [3.63, 3.8) is 0 Å². The van der Waals surface area contributed by atoms with Crippen LogP contribution in [0.3, 0.4) is 0 Å². The van der Waals surface area contributed by atoms with Crippen molar-refractivity contribution in [1.29, 1.82) is 0 Å². The Labute approximate surface area is 266 Å². The summed E-state index contributed by atoms with van der Waals surface area (Å²) in [6.07, 6.45) is 12.2. The van der Waals surface area contributed by atoms with E-state index in [1.54, 1.807) is 26.0 Å². The molecular formula is C38H49F2NO4. The lowest BCUT2D eigenvalue weighted by Crippen LogP contribution is -2.38. The van der Waals surface area contributed by atoms with Crippen LogP contribution >= 0.6 is 0 Å². The number of aliphatic carboxylic acids is 1. The highest BCUT2D eigenvalue weighted by atomic mass is 19.1. The number of carbonyl (C=O) groups is 2. The van der Waals surface area contributed by atoms with Crippen LogP contribution in [0.25, 0.3) is 11.1 Å². The van der Waals surface area contributed by atoms with Crippen LogP contribution in [0.4, 0.5) is 8.78 Å². The quantitative estimate of drug-likeness (QED) is 0.219. The van der Waals surface area contributed by atoms with E-state index in [1.807, 2.05) is 38.1 Å². The van der Waals surface area contributed by atoms with Crippen LogP contribution in [0.15, 0.2) is 48.6 Å². The standard InChI is InChI=1S/C38H49F2NO4/c1-5-37(6-2)23-38(40,24-41-37)33(42)16-8-7-11-25-17-19-28(21-25)45-32-20-18-27(36(3,4)35(43)44)22-30(32)29-14-10-15-31(39)34(29)26-12-9-13-26/h7,10-11,14-15,18,20,22,25-26,28,41H,5-6,8-9,12-13,16-17,19,21,23-24H2,1-4H3,(H,43,44)/b11-7+/t25-,28-,38-/m1/s1. The maximum Gasteiger partial charge on any atom is 0.313 e. The van der Waals surface area contributed by atoms with Crippen LogP contribution in [0.2, 0.25) is 0 Å². The topological polar surface area (TPSA) is 75.6 Å². The molecule has 2 N–H and O–H groups in total. The minimum absolute atomic E-state index is 0.0473. The Bertz CT molecular complexity index is 1430. The average Bonchev–Trinajstić information content (AvgIpc) is 3.60. The van der Waals surface area contributed by atoms with Crippen LogP contribution in [0, 0.1) is 11.7 Å². The summed E-state index contributed by atoms with van der Waals surface area (Å²) in [7, 11) is 0. The van der Waals surface area contributed by atoms with Crippen molar-refractivity contribution < 1.29 is 28.2 Å². The number of Topliss-reactive ketones (excluding diaryl/α,β-unsaturated/α-hetero) is 1. The zero-order valence-corrected chi connectivity index (χ0v) is 27.3. The summed E-state index contributed by atoms with van der Waals surface area (Å²) in [5.74, 6) is -0.385. The van der Waals surface area contributed by atoms with E-state index < -0.39 is 17.1 Å². The normalized spacial score (nSPS) is 25.0. The molecule has 0 unspecified atom stereocenters. The molecule has 0 radical (unpaired) electrons. The molecule has 3 atom stereocenters. The van der Waals surface area contributed by atoms with Gasteiger partial charge in [0.1, 0.15) is 11.6 Å². The molecule has 5 rings (SSSR count). The first-order valence-corrected chi connectivity index (χ1v) is 16.9. The molecule has 7 heteroatoms. The van der Waals surface area contributed by atoms with Crippen LogP contribution in [-0.4, -0.2) is 40.7 Å². The molecular weight excluding hydrogens is 572 g/mol. The molecule has 1 saturated heterocycles. The van der Waals surface area contributed by atoms with Crippen molar-refractivity contribution in [1.82, 2.24) is 5.32 Å². The van der Waals surface area contributed by atoms with E-state index in [0.717, 1.165) is 62.5 Å². The van der Waals surface area contributed by atoms with Crippen molar-refractivity contribution in [2.24, 2.45) is 5.92 Å². The van der Waals surface area contributed by atoms with Gasteiger partial charge in [-0.25, -0.2) is 8.78 Å². The number of allylic oxidation sites excluding steroid dienone is 2. The maximum absolute atomic E-state index is 15.5. The molecule has 0 amide bonds. The molecule has 1 heterocycles. The highest BCUT2D eigenvalue weighted by molar-refractivity contribution is 5.88. The van der Waals surface area contributed by atoms with Gasteiger partial charge >= 0.3 is 5.97 Å². The lowest BCUT2D eigenvalue weighted by Gasteiger charge is -2.30. The highest BCUT2D eigenvalue weighted by Crippen LogP contribution is 2.46. The zero-order valence-electron chi connectivity index (χ0n) is 27.3. The van der Waals surface area contributed by atoms with Crippen LogP contribution in [0.1, 0.15) is 115 Å². The molecule has 2 aromatic rings. The monoisotopic (exact) mass is 621 g/mol. The molecule has 3 aliphatic rings. The largest absolute Gasteiger partial charge is 0.490 e. The fraction of sp³-hybridized carbons (Fsp3) is 0.579. The van der Waals surface area contributed by atoms with Crippen LogP contribution < -0.4 is 10.1 Å². The summed E-state index contributed by atoms with van der Waals surface area (Å²) in [4.78, 5) is 24.9. The Kier molecular flexibility index (Phi) is 9.88. The molecule has 3 fully saturated rings. The Morgan fingerprint density at radius 3 is 2.49 bits per heavy atom. The second kappa shape index (κ2) is 13.4. The third-order valence-corrected chi connectivity index (χ3v) is 11.0. The van der Waals surface area contributed by atoms with Gasteiger partial charge in [-0.05, 0) is 112 Å². The molecule has 0 spiro atoms. The second-order valence-electron chi connectivity index (χ2n) is 14.2. The minimum atomic E-state index is -1.78. The number of alkyl halides is 1. The van der Waals surface area contributed by atoms with Gasteiger partial charge in [0.25, 0.3) is 0 Å². The predicted molar refractivity (Wildman–Crippen MR) is 174 cm³/mol. The first kappa shape index (κ1) is 33.3. The molecule has 2 aliphatic carbocycles. The number of hydrogen-bond donors (Lipinski definition) is 2. The summed E-state index contributed by atoms with van der Waals surface area (Å²) >= 11 is 0. The summed E-state index contributed by atoms with van der Waals surface area (Å²) in [6, 6.07) is 10.7. The molecule has 2 saturated carbocycles. The first-order chi connectivity index (χ1) is 21.4. The number of carboxylic acid groups (broad SMARTS) is 1. The van der Waals surface area contributed by atoms with E-state index in [1.165, 1.54) is 6.07 Å². The molecule has 0 bridgehead atoms. The Morgan fingerprint density at radius 2 is 1.84 bits per heavy atom.